The molecule has 109 heavy (non-hydrogen) atoms. The highest BCUT2D eigenvalue weighted by atomic mass is 35.5. The summed E-state index contributed by atoms with van der Waals surface area (Å²) in [5.41, 5.74) is 18.6. The first-order valence-electron chi connectivity index (χ1n) is 37.2. The van der Waals surface area contributed by atoms with Crippen LogP contribution >= 0.6 is 11.6 Å². The number of carbonyl (C=O) groups is 6. The molecular weight excluding hydrogens is 1400 g/mol. The maximum atomic E-state index is 14.1. The van der Waals surface area contributed by atoms with E-state index >= 15 is 0 Å². The molecule has 6 aromatic carbocycles. The predicted molar refractivity (Wildman–Crippen MR) is 437 cm³/mol. The summed E-state index contributed by atoms with van der Waals surface area (Å²) in [5.74, 6) is 0.282. The molecule has 592 valence electrons. The van der Waals surface area contributed by atoms with E-state index < -0.39 is 60.8 Å². The number of halogens is 1. The minimum absolute atomic E-state index is 0.0887. The van der Waals surface area contributed by atoms with Crippen LogP contribution in [-0.2, 0) is 18.6 Å². The molecule has 0 aliphatic carbocycles. The number of hydrazine groups is 3. The zero-order chi connectivity index (χ0) is 82.6. The molecule has 25 heteroatoms. The van der Waals surface area contributed by atoms with E-state index in [4.69, 9.17) is 44.4 Å². The molecule has 2 saturated heterocycles. The Morgan fingerprint density at radius 2 is 0.789 bits per heavy atom. The molecule has 3 atom stereocenters. The van der Waals surface area contributed by atoms with Crippen LogP contribution in [0.2, 0.25) is 0 Å². The van der Waals surface area contributed by atoms with E-state index in [9.17, 15) is 38.8 Å². The van der Waals surface area contributed by atoms with Crippen LogP contribution < -0.4 is 52.3 Å². The highest BCUT2D eigenvalue weighted by molar-refractivity contribution is 6.68. The predicted octanol–water partition coefficient (Wildman–Crippen LogP) is 13.6. The van der Waals surface area contributed by atoms with Gasteiger partial charge in [0.25, 0.3) is 34.8 Å². The highest BCUT2D eigenvalue weighted by Gasteiger charge is 2.53. The summed E-state index contributed by atoms with van der Waals surface area (Å²) < 4.78 is 40.4. The number of benzene rings is 6. The van der Waals surface area contributed by atoms with Gasteiger partial charge in [0.2, 0.25) is 0 Å². The maximum absolute atomic E-state index is 14.1. The van der Waals surface area contributed by atoms with Crippen LogP contribution in [0.5, 0.6) is 17.2 Å². The molecular formula is C84H120B3ClN6O15. The number of hydrogen-bond acceptors (Lipinski definition) is 16. The van der Waals surface area contributed by atoms with Crippen molar-refractivity contribution in [2.24, 2.45) is 16.2 Å². The third kappa shape index (κ3) is 23.3. The van der Waals surface area contributed by atoms with Gasteiger partial charge >= 0.3 is 21.4 Å². The number of nitrogens with one attached hydrogen (secondary N) is 4. The molecule has 2 fully saturated rings. The Labute approximate surface area is 654 Å². The Balaban J connectivity index is 0.000000271. The monoisotopic (exact) mass is 1520 g/mol. The van der Waals surface area contributed by atoms with Gasteiger partial charge in [-0.25, -0.2) is 15.4 Å². The molecule has 0 aromatic heterocycles. The van der Waals surface area contributed by atoms with Gasteiger partial charge in [-0.1, -0.05) is 142 Å². The van der Waals surface area contributed by atoms with Crippen LogP contribution in [-0.4, -0.2) is 138 Å². The Hall–Kier alpha value is -8.06. The average molecular weight is 1520 g/mol. The van der Waals surface area contributed by atoms with Crippen LogP contribution in [0.25, 0.3) is 0 Å². The van der Waals surface area contributed by atoms with E-state index in [1.54, 1.807) is 88.7 Å². The number of aryl methyl sites for hydroxylation is 3. The molecule has 6 aromatic rings. The normalized spacial score (nSPS) is 15.5. The van der Waals surface area contributed by atoms with E-state index in [0.717, 1.165) is 39.8 Å². The smallest absolute Gasteiger partial charge is 0.494 e. The molecule has 0 bridgehead atoms. The molecule has 0 saturated carbocycles. The molecule has 21 nitrogen and oxygen atoms in total. The summed E-state index contributed by atoms with van der Waals surface area (Å²) in [6, 6.07) is 31.4. The Kier molecular flexibility index (Phi) is 31.3. The van der Waals surface area contributed by atoms with Crippen molar-refractivity contribution in [3.05, 3.63) is 176 Å². The van der Waals surface area contributed by atoms with Gasteiger partial charge in [-0.15, -0.1) is 0 Å². The second-order valence-electron chi connectivity index (χ2n) is 33.4. The quantitative estimate of drug-likeness (QED) is 0.0250. The van der Waals surface area contributed by atoms with E-state index in [0.29, 0.717) is 68.8 Å². The highest BCUT2D eigenvalue weighted by Crippen LogP contribution is 2.39. The number of hydrogen-bond donors (Lipinski definition) is 6. The Morgan fingerprint density at radius 3 is 1.09 bits per heavy atom. The zero-order valence-corrected chi connectivity index (χ0v) is 70.7. The van der Waals surface area contributed by atoms with E-state index in [1.807, 2.05) is 160 Å². The number of nitrogens with zero attached hydrogens (tertiary/aromatic N) is 2. The number of carbonyl (C=O) groups excluding carboxylic acids is 6. The van der Waals surface area contributed by atoms with Gasteiger partial charge in [0, 0.05) is 56.1 Å². The van der Waals surface area contributed by atoms with E-state index in [1.165, 1.54) is 23.2 Å². The van der Waals surface area contributed by atoms with Crippen molar-refractivity contribution in [2.75, 3.05) is 21.3 Å². The lowest BCUT2D eigenvalue weighted by atomic mass is 9.77. The van der Waals surface area contributed by atoms with Crippen LogP contribution in [0.1, 0.15) is 253 Å². The van der Waals surface area contributed by atoms with Gasteiger partial charge in [0.05, 0.1) is 55.8 Å². The molecule has 0 radical (unpaired) electrons. The van der Waals surface area contributed by atoms with Crippen molar-refractivity contribution in [2.45, 2.75) is 240 Å². The number of rotatable bonds is 19. The lowest BCUT2D eigenvalue weighted by Crippen LogP contribution is -2.56. The van der Waals surface area contributed by atoms with Crippen molar-refractivity contribution < 1.29 is 71.6 Å². The molecule has 0 unspecified atom stereocenters. The lowest BCUT2D eigenvalue weighted by molar-refractivity contribution is 0.00578. The fraction of sp³-hybridized carbons (Fsp3) is 0.500. The van der Waals surface area contributed by atoms with Gasteiger partial charge in [-0.2, -0.15) is 0 Å². The summed E-state index contributed by atoms with van der Waals surface area (Å²) in [6.45, 7) is 51.9. The van der Waals surface area contributed by atoms with Crippen molar-refractivity contribution in [3.8, 4) is 17.2 Å². The van der Waals surface area contributed by atoms with Crippen molar-refractivity contribution in [1.82, 2.24) is 31.7 Å². The average Bonchev–Trinajstić information content (AvgIpc) is 1.64. The topological polar surface area (TPSA) is 262 Å². The van der Waals surface area contributed by atoms with Crippen molar-refractivity contribution in [1.29, 1.82) is 0 Å². The third-order valence-corrected chi connectivity index (χ3v) is 20.9. The number of ether oxygens (including phenoxy) is 3. The second-order valence-corrected chi connectivity index (χ2v) is 33.7. The molecule has 6 N–H and O–H groups in total. The number of amides is 5. The van der Waals surface area contributed by atoms with Crippen LogP contribution in [0.4, 0.5) is 0 Å². The minimum Gasteiger partial charge on any atom is -0.496 e. The standard InChI is InChI=1S/C30H43BN2O5.C24H33BN2O5.C16H26N2O2.C14H18BClO3/c1-12-25(28(4,5)6)33(32-26(34)23-14-13-15-24(36-11)20(23)3)27(35)21-16-19(2)17-22(18-21)31-37-29(7,8)30(9,10)38-31;1-8-21(24(4,5)6)27(23(29)17-12-15(2)13-18(14-17)25(30)31)26-22(28)19-10-9-11-20(32-7)16(19)3;1-7-14(16(3,4)5)17-18-15(19)12-9-8-10-13(20-6)11(12)2;1-9-6-10(12(16)17)8-11(7-9)15-18-13(2,3)14(4,5)19-15/h13-18,25H,12H2,1-11H3,(H,32,34);9-14,21,30-31H,8H2,1-7H3,(H,26,28);8-10,14,17H,7H2,1-6H3,(H,18,19);6-8H,1-5H3/t25-;21-;14-;/m111./s1. The lowest BCUT2D eigenvalue weighted by Gasteiger charge is -2.39. The first-order valence-corrected chi connectivity index (χ1v) is 37.6. The third-order valence-electron chi connectivity index (χ3n) is 20.7. The van der Waals surface area contributed by atoms with Gasteiger partial charge in [-0.05, 0) is 227 Å². The summed E-state index contributed by atoms with van der Waals surface area (Å²) in [7, 11) is 1.95. The summed E-state index contributed by atoms with van der Waals surface area (Å²) >= 11 is 5.55. The molecule has 8 rings (SSSR count). The zero-order valence-electron chi connectivity index (χ0n) is 70.0. The summed E-state index contributed by atoms with van der Waals surface area (Å²) in [5, 5.41) is 21.6. The molecule has 2 aliphatic rings. The minimum atomic E-state index is -1.70. The maximum Gasteiger partial charge on any atom is 0.494 e. The summed E-state index contributed by atoms with van der Waals surface area (Å²) in [6.07, 6.45) is 2.21. The van der Waals surface area contributed by atoms with Crippen molar-refractivity contribution in [3.63, 3.8) is 0 Å². The van der Waals surface area contributed by atoms with Gasteiger partial charge < -0.3 is 42.9 Å². The first kappa shape index (κ1) is 91.6. The SMILES string of the molecule is CC[C@@H](N(NC(=O)c1cccc(OC)c1C)C(=O)c1cc(C)cc(B(O)O)c1)C(C)(C)C.CC[C@@H](N(NC(=O)c1cccc(OC)c1C)C(=O)c1cc(C)cc(B2OC(C)(C)C(C)(C)O2)c1)C(C)(C)C.CC[C@@H](NNC(=O)c1cccc(OC)c1C)C(C)(C)C.Cc1cc(B2OC(C)(C)C(C)(C)O2)cc(C(=O)Cl)c1. The van der Waals surface area contributed by atoms with Crippen molar-refractivity contribution >= 4 is 84.1 Å². The molecule has 5 amide bonds. The Morgan fingerprint density at radius 1 is 0.468 bits per heavy atom. The first-order chi connectivity index (χ1) is 50.3. The van der Waals surface area contributed by atoms with E-state index in [2.05, 4.69) is 70.2 Å². The molecule has 2 heterocycles. The summed E-state index contributed by atoms with van der Waals surface area (Å²) in [4.78, 5) is 78.1. The Bertz CT molecular complexity index is 4170. The second kappa shape index (κ2) is 37.3. The van der Waals surface area contributed by atoms with E-state index in [-0.39, 0.29) is 63.1 Å². The largest absolute Gasteiger partial charge is 0.496 e. The fourth-order valence-electron chi connectivity index (χ4n) is 13.1. The van der Waals surface area contributed by atoms with Crippen LogP contribution in [0.3, 0.4) is 0 Å². The fourth-order valence-corrected chi connectivity index (χ4v) is 13.2. The van der Waals surface area contributed by atoms with Crippen LogP contribution in [0, 0.1) is 57.8 Å². The molecule has 0 spiro atoms. The molecule has 2 aliphatic heterocycles. The van der Waals surface area contributed by atoms with Gasteiger partial charge in [-0.3, -0.25) is 45.0 Å². The van der Waals surface area contributed by atoms with Gasteiger partial charge in [0.15, 0.2) is 0 Å². The number of methoxy groups -OCH3 is 3. The van der Waals surface area contributed by atoms with Crippen LogP contribution in [0.15, 0.2) is 109 Å². The van der Waals surface area contributed by atoms with Gasteiger partial charge in [0.1, 0.15) is 17.2 Å².